The minimum atomic E-state index is -0.451. The van der Waals surface area contributed by atoms with Crippen molar-refractivity contribution in [2.24, 2.45) is 11.3 Å². The molecule has 0 aliphatic carbocycles. The molecule has 0 radical (unpaired) electrons. The molecular weight excluding hydrogens is 346 g/mol. The van der Waals surface area contributed by atoms with Gasteiger partial charge in [0.2, 0.25) is 0 Å². The molecule has 1 aromatic carbocycles. The summed E-state index contributed by atoms with van der Waals surface area (Å²) in [6, 6.07) is 4.53. The van der Waals surface area contributed by atoms with Crippen LogP contribution in [0.1, 0.15) is 57.8 Å². The zero-order valence-electron chi connectivity index (χ0n) is 16.9. The van der Waals surface area contributed by atoms with Crippen molar-refractivity contribution in [1.29, 1.82) is 0 Å². The number of amides is 1. The number of ether oxygens (including phenoxy) is 1. The van der Waals surface area contributed by atoms with Crippen LogP contribution in [0.3, 0.4) is 0 Å². The average Bonchev–Trinajstić information content (AvgIpc) is 2.58. The third-order valence-electron chi connectivity index (χ3n) is 4.73. The number of carbonyl (C=O) groups is 1. The highest BCUT2D eigenvalue weighted by Crippen LogP contribution is 2.35. The van der Waals surface area contributed by atoms with Gasteiger partial charge in [0.25, 0.3) is 11.6 Å². The van der Waals surface area contributed by atoms with Crippen LogP contribution in [0.2, 0.25) is 0 Å². The number of nitro groups is 1. The van der Waals surface area contributed by atoms with Crippen LogP contribution in [0.5, 0.6) is 0 Å². The van der Waals surface area contributed by atoms with Crippen LogP contribution in [-0.2, 0) is 4.74 Å². The Balaban J connectivity index is 2.15. The van der Waals surface area contributed by atoms with Gasteiger partial charge in [0, 0.05) is 36.7 Å². The minimum absolute atomic E-state index is 0.0114. The van der Waals surface area contributed by atoms with Crippen molar-refractivity contribution in [1.82, 2.24) is 5.32 Å². The Hall–Kier alpha value is -2.15. The Morgan fingerprint density at radius 3 is 2.67 bits per heavy atom. The van der Waals surface area contributed by atoms with Gasteiger partial charge in [0.05, 0.1) is 11.0 Å². The maximum absolute atomic E-state index is 12.1. The van der Waals surface area contributed by atoms with E-state index in [1.165, 1.54) is 6.07 Å². The van der Waals surface area contributed by atoms with E-state index in [-0.39, 0.29) is 40.6 Å². The van der Waals surface area contributed by atoms with Gasteiger partial charge in [-0.2, -0.15) is 0 Å². The molecule has 2 N–H and O–H groups in total. The molecule has 1 aliphatic rings. The van der Waals surface area contributed by atoms with Crippen molar-refractivity contribution in [3.05, 3.63) is 33.9 Å². The monoisotopic (exact) mass is 377 g/mol. The molecule has 1 aromatic rings. The highest BCUT2D eigenvalue weighted by atomic mass is 16.6. The second kappa shape index (κ2) is 8.69. The second-order valence-corrected chi connectivity index (χ2v) is 8.56. The van der Waals surface area contributed by atoms with E-state index in [0.29, 0.717) is 12.2 Å². The molecule has 2 unspecified atom stereocenters. The van der Waals surface area contributed by atoms with E-state index in [1.54, 1.807) is 12.1 Å². The van der Waals surface area contributed by atoms with Crippen molar-refractivity contribution in [2.45, 2.75) is 59.6 Å². The van der Waals surface area contributed by atoms with Gasteiger partial charge in [0.15, 0.2) is 0 Å². The molecule has 7 heteroatoms. The normalized spacial score (nSPS) is 20.4. The summed E-state index contributed by atoms with van der Waals surface area (Å²) in [5.74, 6) is -0.0320. The van der Waals surface area contributed by atoms with Crippen LogP contribution in [0.4, 0.5) is 11.4 Å². The molecule has 0 aromatic heterocycles. The van der Waals surface area contributed by atoms with Gasteiger partial charge < -0.3 is 15.4 Å². The van der Waals surface area contributed by atoms with Crippen molar-refractivity contribution in [3.8, 4) is 0 Å². The Morgan fingerprint density at radius 1 is 1.37 bits per heavy atom. The summed E-state index contributed by atoms with van der Waals surface area (Å²) >= 11 is 0. The number of rotatable bonds is 6. The summed E-state index contributed by atoms with van der Waals surface area (Å²) in [6.45, 7) is 11.5. The van der Waals surface area contributed by atoms with Gasteiger partial charge in [-0.15, -0.1) is 0 Å². The molecule has 2 atom stereocenters. The first kappa shape index (κ1) is 21.2. The predicted molar refractivity (Wildman–Crippen MR) is 106 cm³/mol. The molecule has 1 heterocycles. The van der Waals surface area contributed by atoms with Gasteiger partial charge in [0.1, 0.15) is 5.69 Å². The summed E-state index contributed by atoms with van der Waals surface area (Å²) in [6.07, 6.45) is 2.13. The largest absolute Gasteiger partial charge is 0.379 e. The molecule has 2 rings (SSSR count). The van der Waals surface area contributed by atoms with Crippen LogP contribution >= 0.6 is 0 Å². The van der Waals surface area contributed by atoms with Crippen LogP contribution in [0.25, 0.3) is 0 Å². The molecule has 0 saturated carbocycles. The van der Waals surface area contributed by atoms with Crippen molar-refractivity contribution in [3.63, 3.8) is 0 Å². The summed E-state index contributed by atoms with van der Waals surface area (Å²) in [4.78, 5) is 23.2. The first-order valence-electron chi connectivity index (χ1n) is 9.54. The van der Waals surface area contributed by atoms with Gasteiger partial charge in [-0.1, -0.05) is 20.8 Å². The van der Waals surface area contributed by atoms with Gasteiger partial charge >= 0.3 is 0 Å². The summed E-state index contributed by atoms with van der Waals surface area (Å²) in [5, 5.41) is 17.5. The van der Waals surface area contributed by atoms with Gasteiger partial charge in [-0.25, -0.2) is 0 Å². The fourth-order valence-electron chi connectivity index (χ4n) is 3.57. The van der Waals surface area contributed by atoms with Crippen LogP contribution < -0.4 is 10.6 Å². The SMILES string of the molecule is CC(C)NC(=O)c1ccc(NCC2CCCOC2C(C)(C)C)c([N+](=O)[O-])c1. The molecule has 1 saturated heterocycles. The highest BCUT2D eigenvalue weighted by molar-refractivity contribution is 5.95. The average molecular weight is 377 g/mol. The van der Waals surface area contributed by atoms with Crippen molar-refractivity contribution < 1.29 is 14.5 Å². The topological polar surface area (TPSA) is 93.5 Å². The fraction of sp³-hybridized carbons (Fsp3) is 0.650. The third-order valence-corrected chi connectivity index (χ3v) is 4.73. The highest BCUT2D eigenvalue weighted by Gasteiger charge is 2.35. The molecule has 1 aliphatic heterocycles. The van der Waals surface area contributed by atoms with Crippen LogP contribution in [0, 0.1) is 21.4 Å². The Bertz CT molecular complexity index is 682. The number of anilines is 1. The molecule has 150 valence electrons. The number of benzene rings is 1. The zero-order valence-corrected chi connectivity index (χ0v) is 16.9. The molecule has 7 nitrogen and oxygen atoms in total. The Labute approximate surface area is 161 Å². The van der Waals surface area contributed by atoms with E-state index < -0.39 is 4.92 Å². The zero-order chi connectivity index (χ0) is 20.2. The van der Waals surface area contributed by atoms with E-state index in [1.807, 2.05) is 13.8 Å². The second-order valence-electron chi connectivity index (χ2n) is 8.56. The molecule has 0 spiro atoms. The maximum Gasteiger partial charge on any atom is 0.293 e. The van der Waals surface area contributed by atoms with E-state index in [2.05, 4.69) is 31.4 Å². The van der Waals surface area contributed by atoms with Crippen LogP contribution in [-0.4, -0.2) is 36.1 Å². The van der Waals surface area contributed by atoms with E-state index in [4.69, 9.17) is 4.74 Å². The van der Waals surface area contributed by atoms with E-state index in [9.17, 15) is 14.9 Å². The van der Waals surface area contributed by atoms with Crippen molar-refractivity contribution >= 4 is 17.3 Å². The molecule has 0 bridgehead atoms. The number of hydrogen-bond donors (Lipinski definition) is 2. The Kier molecular flexibility index (Phi) is 6.81. The van der Waals surface area contributed by atoms with E-state index in [0.717, 1.165) is 19.4 Å². The quantitative estimate of drug-likeness (QED) is 0.577. The smallest absolute Gasteiger partial charge is 0.293 e. The lowest BCUT2D eigenvalue weighted by atomic mass is 9.78. The first-order valence-corrected chi connectivity index (χ1v) is 9.54. The summed E-state index contributed by atoms with van der Waals surface area (Å²) in [5.41, 5.74) is 0.640. The lowest BCUT2D eigenvalue weighted by molar-refractivity contribution is -0.384. The summed E-state index contributed by atoms with van der Waals surface area (Å²) in [7, 11) is 0. The van der Waals surface area contributed by atoms with Crippen molar-refractivity contribution in [2.75, 3.05) is 18.5 Å². The number of hydrogen-bond acceptors (Lipinski definition) is 5. The molecule has 1 amide bonds. The van der Waals surface area contributed by atoms with Crippen LogP contribution in [0.15, 0.2) is 18.2 Å². The molecule has 27 heavy (non-hydrogen) atoms. The molecular formula is C20H31N3O4. The lowest BCUT2D eigenvalue weighted by Crippen LogP contribution is -2.42. The maximum atomic E-state index is 12.1. The number of nitrogens with zero attached hydrogens (tertiary/aromatic N) is 1. The van der Waals surface area contributed by atoms with Gasteiger partial charge in [-0.3, -0.25) is 14.9 Å². The predicted octanol–water partition coefficient (Wildman–Crippen LogP) is 3.99. The lowest BCUT2D eigenvalue weighted by Gasteiger charge is -2.40. The number of nitrogens with one attached hydrogen (secondary N) is 2. The third kappa shape index (κ3) is 5.66. The Morgan fingerprint density at radius 2 is 2.07 bits per heavy atom. The minimum Gasteiger partial charge on any atom is -0.379 e. The first-order chi connectivity index (χ1) is 12.6. The number of nitro benzene ring substituents is 1. The fourth-order valence-corrected chi connectivity index (χ4v) is 3.57. The summed E-state index contributed by atoms with van der Waals surface area (Å²) < 4.78 is 5.98. The molecule has 1 fully saturated rings. The van der Waals surface area contributed by atoms with Gasteiger partial charge in [-0.05, 0) is 44.2 Å². The number of carbonyl (C=O) groups excluding carboxylic acids is 1. The standard InChI is InChI=1S/C20H31N3O4/c1-13(2)22-19(24)14-8-9-16(17(11-14)23(25)26)21-12-15-7-6-10-27-18(15)20(3,4)5/h8-9,11,13,15,18,21H,6-7,10,12H2,1-5H3,(H,22,24). The van der Waals surface area contributed by atoms with E-state index >= 15 is 0 Å².